The molecule has 0 unspecified atom stereocenters. The molecule has 2 N–H and O–H groups in total. The molecule has 0 aliphatic rings. The number of hydrogen-bond acceptors (Lipinski definition) is 4. The van der Waals surface area contributed by atoms with Gasteiger partial charge in [0.15, 0.2) is 0 Å². The van der Waals surface area contributed by atoms with Gasteiger partial charge in [-0.3, -0.25) is 0 Å². The van der Waals surface area contributed by atoms with Gasteiger partial charge in [0.25, 0.3) is 0 Å². The minimum atomic E-state index is -4.56. The van der Waals surface area contributed by atoms with Gasteiger partial charge in [0.1, 0.15) is 0 Å². The Morgan fingerprint density at radius 2 is 1.08 bits per heavy atom. The standard InChI is InChI=1S/Cu.H2O6S2Se.Sn.Zn.2H/c;1-7(2,3)9-8(4,5)6;;;;/h;(H,1,2,3)(H,4,5,6);;;;. The summed E-state index contributed by atoms with van der Waals surface area (Å²) in [4.78, 5) is 0. The summed E-state index contributed by atoms with van der Waals surface area (Å²) in [7, 11) is -9.11. The molecule has 0 saturated carbocycles. The molecule has 0 aliphatic carbocycles. The average molecular weight is 491 g/mol. The van der Waals surface area contributed by atoms with Crippen molar-refractivity contribution in [2.45, 2.75) is 0 Å². The Kier molecular flexibility index (Phi) is 17.0. The predicted octanol–water partition coefficient (Wildman–Crippen LogP) is -2.62. The van der Waals surface area contributed by atoms with Crippen molar-refractivity contribution in [3.8, 4) is 0 Å². The molecule has 0 fully saturated rings. The Morgan fingerprint density at radius 1 is 0.917 bits per heavy atom. The van der Waals surface area contributed by atoms with Crippen molar-refractivity contribution in [2.75, 3.05) is 0 Å². The van der Waals surface area contributed by atoms with Crippen LogP contribution in [0.15, 0.2) is 0 Å². The maximum Gasteiger partial charge on any atom is 0 e. The van der Waals surface area contributed by atoms with Crippen molar-refractivity contribution in [1.29, 1.82) is 0 Å². The molecule has 0 spiro atoms. The molecular weight excluding hydrogens is 487 g/mol. The van der Waals surface area contributed by atoms with Crippen LogP contribution in [0.2, 0.25) is 0 Å². The Balaban J connectivity index is -0.000000107. The van der Waals surface area contributed by atoms with E-state index >= 15 is 0 Å². The summed E-state index contributed by atoms with van der Waals surface area (Å²) in [5.41, 5.74) is 0. The molecule has 0 bridgehead atoms. The first-order valence-corrected chi connectivity index (χ1v) is 8.29. The van der Waals surface area contributed by atoms with Crippen LogP contribution in [0.5, 0.6) is 0 Å². The summed E-state index contributed by atoms with van der Waals surface area (Å²) in [6, 6.07) is 0. The van der Waals surface area contributed by atoms with Gasteiger partial charge in [0.05, 0.1) is 0 Å². The Bertz CT molecular complexity index is 251. The van der Waals surface area contributed by atoms with E-state index in [9.17, 15) is 16.8 Å². The van der Waals surface area contributed by atoms with Gasteiger partial charge in [0, 0.05) is 36.5 Å². The van der Waals surface area contributed by atoms with Crippen LogP contribution >= 0.6 is 0 Å². The van der Waals surface area contributed by atoms with Crippen LogP contribution in [-0.4, -0.2) is 62.6 Å². The maximum atomic E-state index is 9.69. The molecular formula is H4CuO6S2SeSnZn. The Morgan fingerprint density at radius 3 is 1.08 bits per heavy atom. The Hall–Kier alpha value is 2.28. The second-order valence-electron chi connectivity index (χ2n) is 0.924. The molecule has 0 aromatic rings. The van der Waals surface area contributed by atoms with E-state index in [0.29, 0.717) is 0 Å². The van der Waals surface area contributed by atoms with Gasteiger partial charge in [0.2, 0.25) is 0 Å². The monoisotopic (exact) mass is 491 g/mol. The molecule has 12 heavy (non-hydrogen) atoms. The summed E-state index contributed by atoms with van der Waals surface area (Å²) in [5.74, 6) is 0. The second kappa shape index (κ2) is 8.58. The predicted molar refractivity (Wildman–Crippen MR) is 37.4 cm³/mol. The summed E-state index contributed by atoms with van der Waals surface area (Å²) < 4.78 is 54.4. The van der Waals surface area contributed by atoms with Gasteiger partial charge in [-0.25, -0.2) is 0 Å². The van der Waals surface area contributed by atoms with Crippen LogP contribution in [0, 0.1) is 0 Å². The SMILES string of the molecule is O=S(=O)(O)[Se]S(=O)(=O)O.[Cu].[SnH2].[Zn]. The fourth-order valence-corrected chi connectivity index (χ4v) is 5.08. The molecule has 0 heterocycles. The molecule has 0 aromatic heterocycles. The van der Waals surface area contributed by atoms with Crippen molar-refractivity contribution < 1.29 is 62.5 Å². The summed E-state index contributed by atoms with van der Waals surface area (Å²) in [6.45, 7) is 0. The van der Waals surface area contributed by atoms with Crippen LogP contribution in [0.25, 0.3) is 0 Å². The van der Waals surface area contributed by atoms with Gasteiger partial charge in [-0.2, -0.15) is 0 Å². The summed E-state index contributed by atoms with van der Waals surface area (Å²) in [6.07, 6.45) is 0. The van der Waals surface area contributed by atoms with Gasteiger partial charge < -0.3 is 0 Å². The van der Waals surface area contributed by atoms with Crippen molar-refractivity contribution in [1.82, 2.24) is 0 Å². The number of hydrogen-bond donors (Lipinski definition) is 2. The van der Waals surface area contributed by atoms with Crippen molar-refractivity contribution in [3.05, 3.63) is 0 Å². The normalized spacial score (nSPS) is 10.2. The van der Waals surface area contributed by atoms with E-state index < -0.39 is 29.8 Å². The Labute approximate surface area is 115 Å². The molecule has 75 valence electrons. The number of rotatable bonds is 2. The topological polar surface area (TPSA) is 109 Å². The zero-order valence-corrected chi connectivity index (χ0v) is 16.8. The van der Waals surface area contributed by atoms with Crippen LogP contribution in [0.3, 0.4) is 0 Å². The van der Waals surface area contributed by atoms with Crippen LogP contribution in [-0.2, 0) is 53.6 Å². The van der Waals surface area contributed by atoms with E-state index in [1.807, 2.05) is 0 Å². The van der Waals surface area contributed by atoms with Gasteiger partial charge >= 0.3 is 79.6 Å². The third-order valence-corrected chi connectivity index (χ3v) is 8.04. The molecule has 0 aromatic carbocycles. The second-order valence-corrected chi connectivity index (χ2v) is 11.1. The van der Waals surface area contributed by atoms with Crippen LogP contribution < -0.4 is 0 Å². The van der Waals surface area contributed by atoms with E-state index in [0.717, 1.165) is 0 Å². The van der Waals surface area contributed by atoms with Crippen LogP contribution in [0.1, 0.15) is 0 Å². The molecule has 0 rings (SSSR count). The van der Waals surface area contributed by atoms with E-state index in [2.05, 4.69) is 0 Å². The first-order valence-electron chi connectivity index (χ1n) is 1.37. The third kappa shape index (κ3) is 22.8. The molecule has 12 heteroatoms. The minimum Gasteiger partial charge on any atom is 0 e. The zero-order valence-electron chi connectivity index (χ0n) is 5.47. The average Bonchev–Trinajstić information content (AvgIpc) is 1.14. The fourth-order valence-electron chi connectivity index (χ4n) is 0.109. The molecule has 0 atom stereocenters. The van der Waals surface area contributed by atoms with E-state index in [1.54, 1.807) is 0 Å². The van der Waals surface area contributed by atoms with Crippen molar-refractivity contribution in [2.24, 2.45) is 0 Å². The van der Waals surface area contributed by atoms with E-state index in [4.69, 9.17) is 9.11 Å². The van der Waals surface area contributed by atoms with Crippen LogP contribution in [0.4, 0.5) is 0 Å². The zero-order chi connectivity index (χ0) is 7.71. The largest absolute Gasteiger partial charge is 0 e. The molecule has 0 saturated heterocycles. The van der Waals surface area contributed by atoms with Gasteiger partial charge in [-0.05, 0) is 0 Å². The molecule has 6 nitrogen and oxygen atoms in total. The molecule has 0 aliphatic heterocycles. The summed E-state index contributed by atoms with van der Waals surface area (Å²) in [5, 5.41) is 0. The first-order chi connectivity index (χ1) is 3.71. The molecule has 3 radical (unpaired) electrons. The minimum absolute atomic E-state index is 0. The quantitative estimate of drug-likeness (QED) is 0.324. The fraction of sp³-hybridized carbons (Fsp3) is 0. The van der Waals surface area contributed by atoms with Crippen molar-refractivity contribution >= 4 is 53.7 Å². The smallest absolute Gasteiger partial charge is 0 e. The third-order valence-electron chi connectivity index (χ3n) is 0.172. The van der Waals surface area contributed by atoms with Gasteiger partial charge in [-0.15, -0.1) is 0 Å². The van der Waals surface area contributed by atoms with Gasteiger partial charge in [-0.1, -0.05) is 0 Å². The van der Waals surface area contributed by atoms with E-state index in [1.165, 1.54) is 0 Å². The van der Waals surface area contributed by atoms with Crippen molar-refractivity contribution in [3.63, 3.8) is 0 Å². The maximum absolute atomic E-state index is 9.69. The first kappa shape index (κ1) is 23.8. The summed E-state index contributed by atoms with van der Waals surface area (Å²) >= 11 is -2.19. The molecule has 0 amide bonds. The van der Waals surface area contributed by atoms with E-state index in [-0.39, 0.29) is 60.5 Å².